The van der Waals surface area contributed by atoms with Crippen LogP contribution in [0.2, 0.25) is 5.02 Å². The molecule has 1 rings (SSSR count). The predicted molar refractivity (Wildman–Crippen MR) is 53.8 cm³/mol. The van der Waals surface area contributed by atoms with Gasteiger partial charge < -0.3 is 9.90 Å². The average Bonchev–Trinajstić information content (AvgIpc) is 2.17. The summed E-state index contributed by atoms with van der Waals surface area (Å²) < 4.78 is 0. The Morgan fingerprint density at radius 2 is 1.92 bits per heavy atom. The van der Waals surface area contributed by atoms with E-state index in [-0.39, 0.29) is 6.61 Å². The van der Waals surface area contributed by atoms with Crippen LogP contribution in [0.25, 0.3) is 0 Å². The molecule has 0 spiro atoms. The van der Waals surface area contributed by atoms with E-state index in [1.165, 1.54) is 0 Å². The Kier molecular flexibility index (Phi) is 8.62. The minimum atomic E-state index is 0.124. The van der Waals surface area contributed by atoms with Gasteiger partial charge >= 0.3 is 0 Å². The van der Waals surface area contributed by atoms with Crippen molar-refractivity contribution in [2.45, 2.75) is 12.8 Å². The second-order valence-electron chi connectivity index (χ2n) is 2.33. The smallest absolute Gasteiger partial charge is 0.120 e. The Morgan fingerprint density at radius 1 is 1.31 bits per heavy atom. The van der Waals surface area contributed by atoms with Crippen molar-refractivity contribution in [3.63, 3.8) is 0 Å². The molecule has 0 heterocycles. The molecule has 0 radical (unpaired) electrons. The lowest BCUT2D eigenvalue weighted by Gasteiger charge is -1.80. The van der Waals surface area contributed by atoms with Crippen LogP contribution in [0, 0.1) is 0 Å². The maximum Gasteiger partial charge on any atom is 0.120 e. The zero-order chi connectivity index (χ0) is 9.94. The summed E-state index contributed by atoms with van der Waals surface area (Å²) >= 11 is 5.54. The summed E-state index contributed by atoms with van der Waals surface area (Å²) in [7, 11) is 0. The number of unbranched alkanes of at least 4 members (excludes halogenated alkanes) is 1. The predicted octanol–water partition coefficient (Wildman–Crippen LogP) is 2.30. The number of halogens is 1. The van der Waals surface area contributed by atoms with Crippen molar-refractivity contribution >= 4 is 17.9 Å². The Balaban J connectivity index is 0.000000226. The molecule has 0 aliphatic carbocycles. The standard InChI is InChI=1S/C6H5Cl.C4H8O2/c7-6-4-2-1-3-5-6;5-3-1-2-4-6/h1-5H;3,6H,1-2,4H2. The number of carbonyl (C=O) groups is 1. The van der Waals surface area contributed by atoms with Crippen LogP contribution in [0.4, 0.5) is 0 Å². The number of hydrogen-bond acceptors (Lipinski definition) is 2. The van der Waals surface area contributed by atoms with Crippen molar-refractivity contribution in [1.82, 2.24) is 0 Å². The highest BCUT2D eigenvalue weighted by Crippen LogP contribution is 2.03. The van der Waals surface area contributed by atoms with Crippen molar-refractivity contribution < 1.29 is 9.90 Å². The molecule has 0 saturated carbocycles. The third-order valence-corrected chi connectivity index (χ3v) is 1.47. The third-order valence-electron chi connectivity index (χ3n) is 1.21. The lowest BCUT2D eigenvalue weighted by molar-refractivity contribution is -0.108. The maximum atomic E-state index is 9.45. The van der Waals surface area contributed by atoms with Crippen molar-refractivity contribution in [3.8, 4) is 0 Å². The Morgan fingerprint density at radius 3 is 2.15 bits per heavy atom. The van der Waals surface area contributed by atoms with Gasteiger partial charge in [0.25, 0.3) is 0 Å². The summed E-state index contributed by atoms with van der Waals surface area (Å²) in [4.78, 5) is 9.45. The fourth-order valence-corrected chi connectivity index (χ4v) is 0.735. The first kappa shape index (κ1) is 12.1. The molecule has 0 atom stereocenters. The molecule has 13 heavy (non-hydrogen) atoms. The van der Waals surface area contributed by atoms with Crippen molar-refractivity contribution in [2.75, 3.05) is 6.61 Å². The van der Waals surface area contributed by atoms with Gasteiger partial charge in [-0.3, -0.25) is 0 Å². The van der Waals surface area contributed by atoms with Crippen molar-refractivity contribution in [3.05, 3.63) is 35.4 Å². The topological polar surface area (TPSA) is 37.3 Å². The first-order valence-corrected chi connectivity index (χ1v) is 4.44. The molecule has 0 bridgehead atoms. The van der Waals surface area contributed by atoms with Crippen molar-refractivity contribution in [1.29, 1.82) is 0 Å². The third kappa shape index (κ3) is 9.05. The van der Waals surface area contributed by atoms with E-state index in [1.807, 2.05) is 30.3 Å². The van der Waals surface area contributed by atoms with Gasteiger partial charge in [-0.05, 0) is 18.6 Å². The number of aliphatic hydroxyl groups excluding tert-OH is 1. The van der Waals surface area contributed by atoms with Crippen LogP contribution in [0.1, 0.15) is 12.8 Å². The minimum Gasteiger partial charge on any atom is -0.396 e. The van der Waals surface area contributed by atoms with Gasteiger partial charge in [-0.1, -0.05) is 29.8 Å². The lowest BCUT2D eigenvalue weighted by atomic mass is 10.4. The van der Waals surface area contributed by atoms with E-state index in [9.17, 15) is 4.79 Å². The highest BCUT2D eigenvalue weighted by atomic mass is 35.5. The van der Waals surface area contributed by atoms with Crippen LogP contribution in [0.3, 0.4) is 0 Å². The summed E-state index contributed by atoms with van der Waals surface area (Å²) in [5, 5.41) is 8.83. The number of benzene rings is 1. The lowest BCUT2D eigenvalue weighted by Crippen LogP contribution is -1.80. The van der Waals surface area contributed by atoms with E-state index in [1.54, 1.807) is 0 Å². The summed E-state index contributed by atoms with van der Waals surface area (Å²) in [6.07, 6.45) is 1.89. The molecule has 72 valence electrons. The van der Waals surface area contributed by atoms with E-state index < -0.39 is 0 Å². The fraction of sp³-hybridized carbons (Fsp3) is 0.300. The zero-order valence-electron chi connectivity index (χ0n) is 7.32. The fourth-order valence-electron chi connectivity index (χ4n) is 0.589. The molecule has 3 heteroatoms. The van der Waals surface area contributed by atoms with Gasteiger partial charge in [0, 0.05) is 18.1 Å². The van der Waals surface area contributed by atoms with Crippen molar-refractivity contribution in [2.24, 2.45) is 0 Å². The molecule has 0 aromatic heterocycles. The number of rotatable bonds is 3. The van der Waals surface area contributed by atoms with E-state index in [0.29, 0.717) is 12.8 Å². The molecule has 0 unspecified atom stereocenters. The SMILES string of the molecule is Clc1ccccc1.O=CCCCO. The van der Waals surface area contributed by atoms with Gasteiger partial charge in [0.15, 0.2) is 0 Å². The Bertz CT molecular complexity index is 211. The van der Waals surface area contributed by atoms with Crippen LogP contribution in [0.15, 0.2) is 30.3 Å². The van der Waals surface area contributed by atoms with Gasteiger partial charge in [0.05, 0.1) is 0 Å². The highest BCUT2D eigenvalue weighted by molar-refractivity contribution is 6.30. The molecule has 2 nitrogen and oxygen atoms in total. The molecule has 0 fully saturated rings. The van der Waals surface area contributed by atoms with Gasteiger partial charge in [0.1, 0.15) is 6.29 Å². The van der Waals surface area contributed by atoms with E-state index in [0.717, 1.165) is 11.3 Å². The monoisotopic (exact) mass is 200 g/mol. The zero-order valence-corrected chi connectivity index (χ0v) is 8.07. The van der Waals surface area contributed by atoms with E-state index in [4.69, 9.17) is 16.7 Å². The van der Waals surface area contributed by atoms with Gasteiger partial charge in [0.2, 0.25) is 0 Å². The van der Waals surface area contributed by atoms with Crippen LogP contribution >= 0.6 is 11.6 Å². The Hall–Kier alpha value is -0.860. The number of aldehydes is 1. The number of carbonyl (C=O) groups excluding carboxylic acids is 1. The molecular formula is C10H13ClO2. The summed E-state index contributed by atoms with van der Waals surface area (Å²) in [6.45, 7) is 0.124. The van der Waals surface area contributed by atoms with Crippen LogP contribution in [-0.2, 0) is 4.79 Å². The molecule has 0 amide bonds. The molecule has 1 N–H and O–H groups in total. The van der Waals surface area contributed by atoms with Crippen LogP contribution in [-0.4, -0.2) is 18.0 Å². The molecule has 1 aromatic carbocycles. The Labute approximate surface area is 83.2 Å². The largest absolute Gasteiger partial charge is 0.396 e. The molecule has 1 aromatic rings. The van der Waals surface area contributed by atoms with Crippen LogP contribution < -0.4 is 0 Å². The summed E-state index contributed by atoms with van der Waals surface area (Å²) in [5.41, 5.74) is 0. The summed E-state index contributed by atoms with van der Waals surface area (Å²) in [5.74, 6) is 0. The van der Waals surface area contributed by atoms with Crippen LogP contribution in [0.5, 0.6) is 0 Å². The first-order chi connectivity index (χ1) is 6.31. The number of aliphatic hydroxyl groups is 1. The normalized spacial score (nSPS) is 8.46. The quantitative estimate of drug-likeness (QED) is 0.601. The molecule has 0 saturated heterocycles. The van der Waals surface area contributed by atoms with Gasteiger partial charge in [-0.25, -0.2) is 0 Å². The second-order valence-corrected chi connectivity index (χ2v) is 2.76. The molecule has 0 aliphatic heterocycles. The maximum absolute atomic E-state index is 9.45. The minimum absolute atomic E-state index is 0.124. The second kappa shape index (κ2) is 9.23. The highest BCUT2D eigenvalue weighted by Gasteiger charge is 1.76. The van der Waals surface area contributed by atoms with Gasteiger partial charge in [-0.2, -0.15) is 0 Å². The van der Waals surface area contributed by atoms with E-state index in [2.05, 4.69) is 0 Å². The summed E-state index contributed by atoms with van der Waals surface area (Å²) in [6, 6.07) is 9.44. The average molecular weight is 201 g/mol. The molecule has 0 aliphatic rings. The first-order valence-electron chi connectivity index (χ1n) is 4.06. The molecular weight excluding hydrogens is 188 g/mol. The van der Waals surface area contributed by atoms with Gasteiger partial charge in [-0.15, -0.1) is 0 Å². The number of hydrogen-bond donors (Lipinski definition) is 1. The van der Waals surface area contributed by atoms with E-state index >= 15 is 0 Å².